The van der Waals surface area contributed by atoms with Crippen LogP contribution in [0.3, 0.4) is 0 Å². The fourth-order valence-corrected chi connectivity index (χ4v) is 1.35. The summed E-state index contributed by atoms with van der Waals surface area (Å²) >= 11 is 0. The van der Waals surface area contributed by atoms with E-state index in [-0.39, 0.29) is 43.7 Å². The van der Waals surface area contributed by atoms with Gasteiger partial charge >= 0.3 is 5.97 Å². The van der Waals surface area contributed by atoms with Crippen LogP contribution in [0.5, 0.6) is 0 Å². The molecule has 1 aromatic rings. The molecule has 0 saturated heterocycles. The molecule has 2 atom stereocenters. The zero-order chi connectivity index (χ0) is 12.0. The molecule has 1 unspecified atom stereocenters. The quantitative estimate of drug-likeness (QED) is 0.577. The van der Waals surface area contributed by atoms with Crippen molar-refractivity contribution in [3.05, 3.63) is 42.8 Å². The van der Waals surface area contributed by atoms with Gasteiger partial charge in [-0.3, -0.25) is 0 Å². The summed E-state index contributed by atoms with van der Waals surface area (Å²) in [5, 5.41) is 0. The summed E-state index contributed by atoms with van der Waals surface area (Å²) in [7, 11) is 0. The normalized spacial score (nSPS) is 12.6. The van der Waals surface area contributed by atoms with Crippen LogP contribution in [0.25, 0.3) is 0 Å². The first-order chi connectivity index (χ1) is 7.65. The average molecular weight is 289 g/mol. The second-order valence-corrected chi connectivity index (χ2v) is 4.09. The molecule has 0 saturated carbocycles. The van der Waals surface area contributed by atoms with Crippen LogP contribution >= 0.6 is 13.5 Å². The second kappa shape index (κ2) is 10.2. The number of halogens is 1. The molecular formula is C14H21ClO2S. The van der Waals surface area contributed by atoms with Crippen molar-refractivity contribution in [2.75, 3.05) is 0 Å². The molecule has 0 N–H and O–H groups in total. The molecule has 1 aromatic carbocycles. The third kappa shape index (κ3) is 6.22. The third-order valence-corrected chi connectivity index (χ3v) is 2.86. The van der Waals surface area contributed by atoms with Gasteiger partial charge in [0.1, 0.15) is 6.61 Å². The Morgan fingerprint density at radius 3 is 2.39 bits per heavy atom. The lowest BCUT2D eigenvalue weighted by atomic mass is 9.94. The Kier molecular flexibility index (Phi) is 11.0. The first kappa shape index (κ1) is 19.5. The van der Waals surface area contributed by atoms with Gasteiger partial charge in [-0.2, -0.15) is 13.5 Å². The summed E-state index contributed by atoms with van der Waals surface area (Å²) < 4.78 is 5.21. The first-order valence-electron chi connectivity index (χ1n) is 5.68. The number of rotatable bonds is 5. The number of esters is 1. The van der Waals surface area contributed by atoms with Gasteiger partial charge in [-0.1, -0.05) is 44.2 Å². The van der Waals surface area contributed by atoms with Gasteiger partial charge in [0, 0.05) is 5.92 Å². The zero-order valence-electron chi connectivity index (χ0n) is 10.9. The van der Waals surface area contributed by atoms with Gasteiger partial charge in [-0.05, 0) is 12.0 Å². The summed E-state index contributed by atoms with van der Waals surface area (Å²) in [4.78, 5) is 11.6. The SMILES string of the molecule is S.[CH2+][C@H](C(=O)OCc1ccccc1)C(C)CC.[Cl-]. The number of hydrogen-bond acceptors (Lipinski definition) is 2. The van der Waals surface area contributed by atoms with Crippen LogP contribution < -0.4 is 12.4 Å². The fraction of sp³-hybridized carbons (Fsp3) is 0.429. The summed E-state index contributed by atoms with van der Waals surface area (Å²) in [5.74, 6) is -0.213. The number of carbonyl (C=O) groups is 1. The van der Waals surface area contributed by atoms with E-state index in [0.29, 0.717) is 6.61 Å². The van der Waals surface area contributed by atoms with Crippen molar-refractivity contribution in [3.63, 3.8) is 0 Å². The highest BCUT2D eigenvalue weighted by atomic mass is 35.5. The lowest BCUT2D eigenvalue weighted by molar-refractivity contribution is -0.149. The van der Waals surface area contributed by atoms with E-state index >= 15 is 0 Å². The molecule has 102 valence electrons. The van der Waals surface area contributed by atoms with Crippen LogP contribution in [0, 0.1) is 18.8 Å². The molecular weight excluding hydrogens is 268 g/mol. The van der Waals surface area contributed by atoms with E-state index < -0.39 is 0 Å². The van der Waals surface area contributed by atoms with E-state index in [1.165, 1.54) is 0 Å². The van der Waals surface area contributed by atoms with Crippen molar-refractivity contribution in [3.8, 4) is 0 Å². The van der Waals surface area contributed by atoms with E-state index in [4.69, 9.17) is 4.74 Å². The summed E-state index contributed by atoms with van der Waals surface area (Å²) in [5.41, 5.74) is 1.01. The molecule has 2 nitrogen and oxygen atoms in total. The van der Waals surface area contributed by atoms with Gasteiger partial charge in [-0.15, -0.1) is 0 Å². The number of ether oxygens (including phenoxy) is 1. The van der Waals surface area contributed by atoms with E-state index in [2.05, 4.69) is 6.92 Å². The van der Waals surface area contributed by atoms with Crippen molar-refractivity contribution in [2.24, 2.45) is 11.8 Å². The minimum absolute atomic E-state index is 0. The van der Waals surface area contributed by atoms with Crippen molar-refractivity contribution in [1.82, 2.24) is 0 Å². The number of benzene rings is 1. The Morgan fingerprint density at radius 2 is 1.89 bits per heavy atom. The highest BCUT2D eigenvalue weighted by Crippen LogP contribution is 2.16. The minimum Gasteiger partial charge on any atom is -1.00 e. The summed E-state index contributed by atoms with van der Waals surface area (Å²) in [6, 6.07) is 9.68. The maximum Gasteiger partial charge on any atom is 0.354 e. The maximum atomic E-state index is 11.6. The first-order valence-corrected chi connectivity index (χ1v) is 5.68. The number of hydrogen-bond donors (Lipinski definition) is 0. The highest BCUT2D eigenvalue weighted by molar-refractivity contribution is 7.59. The monoisotopic (exact) mass is 288 g/mol. The van der Waals surface area contributed by atoms with Crippen LogP contribution in [0.1, 0.15) is 25.8 Å². The zero-order valence-corrected chi connectivity index (χ0v) is 12.6. The van der Waals surface area contributed by atoms with Crippen molar-refractivity contribution < 1.29 is 21.9 Å². The Morgan fingerprint density at radius 1 is 1.33 bits per heavy atom. The third-order valence-electron chi connectivity index (χ3n) is 2.86. The standard InChI is InChI=1S/C14H19O2.ClH.H2S/c1-4-11(2)12(3)14(15)16-10-13-8-6-5-7-9-13;;/h5-9,11-12H,3-4,10H2,1-2H3;1H;1H2/q+1;;/p-1/t11?,12-;;/m0../s1. The van der Waals surface area contributed by atoms with Gasteiger partial charge in [0.2, 0.25) is 0 Å². The molecule has 0 bridgehead atoms. The molecule has 0 aliphatic heterocycles. The van der Waals surface area contributed by atoms with Crippen molar-refractivity contribution >= 4 is 19.5 Å². The van der Waals surface area contributed by atoms with Crippen molar-refractivity contribution in [1.29, 1.82) is 0 Å². The van der Waals surface area contributed by atoms with Crippen LogP contribution in [0.4, 0.5) is 0 Å². The molecule has 0 heterocycles. The summed E-state index contributed by atoms with van der Waals surface area (Å²) in [6.07, 6.45) is 0.939. The van der Waals surface area contributed by atoms with Crippen LogP contribution in [-0.2, 0) is 16.1 Å². The smallest absolute Gasteiger partial charge is 0.354 e. The average Bonchev–Trinajstić information content (AvgIpc) is 2.35. The van der Waals surface area contributed by atoms with Crippen LogP contribution in [0.15, 0.2) is 30.3 Å². The molecule has 0 aliphatic rings. The van der Waals surface area contributed by atoms with Gasteiger partial charge < -0.3 is 17.1 Å². The lowest BCUT2D eigenvalue weighted by Crippen LogP contribution is -3.00. The molecule has 0 fully saturated rings. The maximum absolute atomic E-state index is 11.6. The predicted molar refractivity (Wildman–Crippen MR) is 74.9 cm³/mol. The van der Waals surface area contributed by atoms with Crippen LogP contribution in [-0.4, -0.2) is 5.97 Å². The fourth-order valence-electron chi connectivity index (χ4n) is 1.35. The molecule has 0 spiro atoms. The van der Waals surface area contributed by atoms with Gasteiger partial charge in [0.05, 0.1) is 6.92 Å². The molecule has 1 rings (SSSR count). The molecule has 0 amide bonds. The van der Waals surface area contributed by atoms with Gasteiger partial charge in [0.15, 0.2) is 5.92 Å². The number of carbonyl (C=O) groups excluding carboxylic acids is 1. The largest absolute Gasteiger partial charge is 1.00 e. The van der Waals surface area contributed by atoms with E-state index in [1.54, 1.807) is 0 Å². The Labute approximate surface area is 123 Å². The molecule has 0 aromatic heterocycles. The van der Waals surface area contributed by atoms with Gasteiger partial charge in [0.25, 0.3) is 0 Å². The lowest BCUT2D eigenvalue weighted by Gasteiger charge is -2.11. The molecule has 0 radical (unpaired) electrons. The summed E-state index contributed by atoms with van der Waals surface area (Å²) in [6.45, 7) is 8.25. The van der Waals surface area contributed by atoms with Gasteiger partial charge in [-0.25, -0.2) is 4.79 Å². The van der Waals surface area contributed by atoms with E-state index in [0.717, 1.165) is 12.0 Å². The Bertz CT molecular complexity index is 330. The van der Waals surface area contributed by atoms with Crippen LogP contribution in [0.2, 0.25) is 0 Å². The minimum atomic E-state index is -0.270. The van der Waals surface area contributed by atoms with Crippen molar-refractivity contribution in [2.45, 2.75) is 26.9 Å². The Balaban J connectivity index is 0. The topological polar surface area (TPSA) is 26.3 Å². The van der Waals surface area contributed by atoms with E-state index in [1.807, 2.05) is 44.2 Å². The predicted octanol–water partition coefficient (Wildman–Crippen LogP) is 0.343. The molecule has 18 heavy (non-hydrogen) atoms. The van der Waals surface area contributed by atoms with E-state index in [9.17, 15) is 4.79 Å². The molecule has 0 aliphatic carbocycles. The highest BCUT2D eigenvalue weighted by Gasteiger charge is 2.26. The second-order valence-electron chi connectivity index (χ2n) is 4.09. The Hall–Kier alpha value is -0.800. The molecule has 4 heteroatoms.